The molecule has 0 aliphatic heterocycles. The number of nitrogen functional groups attached to an aromatic ring is 1. The number of ether oxygens (including phenoxy) is 1. The van der Waals surface area contributed by atoms with E-state index in [-0.39, 0.29) is 23.5 Å². The summed E-state index contributed by atoms with van der Waals surface area (Å²) in [7, 11) is 0. The Kier molecular flexibility index (Phi) is 3.69. The minimum atomic E-state index is -0.549. The van der Waals surface area contributed by atoms with Crippen molar-refractivity contribution in [2.24, 2.45) is 0 Å². The zero-order chi connectivity index (χ0) is 16.6. The van der Waals surface area contributed by atoms with Crippen molar-refractivity contribution >= 4 is 28.5 Å². The zero-order valence-electron chi connectivity index (χ0n) is 12.9. The molecule has 3 aromatic rings. The average Bonchev–Trinajstić information content (AvgIpc) is 2.55. The number of hydrogen-bond acceptors (Lipinski definition) is 5. The fraction of sp³-hybridized carbons (Fsp3) is 0.250. The third-order valence-corrected chi connectivity index (χ3v) is 3.67. The molecule has 0 radical (unpaired) electrons. The molecule has 3 heterocycles. The van der Waals surface area contributed by atoms with E-state index in [1.165, 1.54) is 10.5 Å². The van der Waals surface area contributed by atoms with Crippen molar-refractivity contribution in [3.05, 3.63) is 46.4 Å². The van der Waals surface area contributed by atoms with Gasteiger partial charge < -0.3 is 10.5 Å². The smallest absolute Gasteiger partial charge is 0.344 e. The number of hydrogen-bond donors (Lipinski definition) is 1. The molecule has 0 bridgehead atoms. The Labute approximate surface area is 131 Å². The molecule has 0 saturated carbocycles. The van der Waals surface area contributed by atoms with Crippen LogP contribution < -0.4 is 15.9 Å². The van der Waals surface area contributed by atoms with E-state index in [9.17, 15) is 9.59 Å². The summed E-state index contributed by atoms with van der Waals surface area (Å²) in [5.74, 6) is -0.308. The molecule has 0 atom stereocenters. The van der Waals surface area contributed by atoms with Crippen molar-refractivity contribution in [1.29, 1.82) is 0 Å². The van der Waals surface area contributed by atoms with Gasteiger partial charge in [-0.2, -0.15) is 0 Å². The summed E-state index contributed by atoms with van der Waals surface area (Å²) in [5, 5.41) is 0.327. The van der Waals surface area contributed by atoms with E-state index in [2.05, 4.69) is 4.98 Å². The molecule has 23 heavy (non-hydrogen) atoms. The topological polar surface area (TPSA) is 90.6 Å². The number of aromatic nitrogens is 3. The first-order valence-corrected chi connectivity index (χ1v) is 7.39. The van der Waals surface area contributed by atoms with Crippen LogP contribution in [0.15, 0.2) is 35.3 Å². The Bertz CT molecular complexity index is 978. The van der Waals surface area contributed by atoms with Gasteiger partial charge in [-0.25, -0.2) is 9.36 Å². The number of anilines is 1. The van der Waals surface area contributed by atoms with E-state index < -0.39 is 5.97 Å². The summed E-state index contributed by atoms with van der Waals surface area (Å²) in [4.78, 5) is 29.3. The van der Waals surface area contributed by atoms with E-state index in [0.717, 1.165) is 0 Å². The number of carbonyl (C=O) groups excluding carboxylic acids is 1. The number of esters is 1. The van der Waals surface area contributed by atoms with Crippen LogP contribution in [0.1, 0.15) is 24.2 Å². The number of nitrogens with zero attached hydrogens (tertiary/aromatic N) is 3. The third-order valence-electron chi connectivity index (χ3n) is 3.67. The largest absolute Gasteiger partial charge is 0.462 e. The first-order valence-electron chi connectivity index (χ1n) is 7.39. The van der Waals surface area contributed by atoms with Crippen LogP contribution >= 0.6 is 0 Å². The summed E-state index contributed by atoms with van der Waals surface area (Å²) in [6, 6.07) is 6.76. The number of rotatable bonds is 3. The van der Waals surface area contributed by atoms with E-state index in [4.69, 9.17) is 10.5 Å². The standard InChI is InChI=1S/C16H16N4O3/c1-3-19-13(17)10(16(22)23-4-2)9-11-14(19)18-12-7-5-6-8-20(12)15(11)21/h5-9,17H,3-4H2,1-2H3/p+1. The van der Waals surface area contributed by atoms with Crippen molar-refractivity contribution in [2.75, 3.05) is 12.3 Å². The predicted molar refractivity (Wildman–Crippen MR) is 85.2 cm³/mol. The van der Waals surface area contributed by atoms with E-state index in [1.807, 2.05) is 6.92 Å². The second-order valence-corrected chi connectivity index (χ2v) is 4.99. The maximum Gasteiger partial charge on any atom is 0.344 e. The summed E-state index contributed by atoms with van der Waals surface area (Å²) in [6.07, 6.45) is 1.64. The van der Waals surface area contributed by atoms with E-state index in [1.54, 1.807) is 35.9 Å². The molecule has 7 nitrogen and oxygen atoms in total. The summed E-state index contributed by atoms with van der Waals surface area (Å²) >= 11 is 0. The van der Waals surface area contributed by atoms with Crippen LogP contribution in [0.2, 0.25) is 0 Å². The second-order valence-electron chi connectivity index (χ2n) is 4.99. The normalized spacial score (nSPS) is 11.0. The van der Waals surface area contributed by atoms with Crippen molar-refractivity contribution in [3.8, 4) is 0 Å². The maximum atomic E-state index is 12.7. The average molecular weight is 313 g/mol. The fourth-order valence-corrected chi connectivity index (χ4v) is 2.59. The third kappa shape index (κ3) is 2.30. The van der Waals surface area contributed by atoms with Gasteiger partial charge in [-0.3, -0.25) is 9.20 Å². The minimum Gasteiger partial charge on any atom is -0.462 e. The molecule has 0 aromatic carbocycles. The van der Waals surface area contributed by atoms with E-state index in [0.29, 0.717) is 23.2 Å². The predicted octanol–water partition coefficient (Wildman–Crippen LogP) is 0.914. The molecule has 118 valence electrons. The number of aryl methyl sites for hydroxylation is 1. The van der Waals surface area contributed by atoms with Crippen molar-refractivity contribution in [3.63, 3.8) is 0 Å². The molecule has 3 rings (SSSR count). The van der Waals surface area contributed by atoms with Gasteiger partial charge >= 0.3 is 5.97 Å². The van der Waals surface area contributed by atoms with E-state index >= 15 is 0 Å². The van der Waals surface area contributed by atoms with Crippen LogP contribution in [0.25, 0.3) is 16.7 Å². The van der Waals surface area contributed by atoms with Gasteiger partial charge in [-0.1, -0.05) is 11.1 Å². The monoisotopic (exact) mass is 313 g/mol. The highest BCUT2D eigenvalue weighted by Gasteiger charge is 2.24. The van der Waals surface area contributed by atoms with Crippen LogP contribution in [0.5, 0.6) is 0 Å². The summed E-state index contributed by atoms with van der Waals surface area (Å²) in [6.45, 7) is 4.30. The maximum absolute atomic E-state index is 12.7. The lowest BCUT2D eigenvalue weighted by Gasteiger charge is -2.10. The van der Waals surface area contributed by atoms with Gasteiger partial charge in [0.25, 0.3) is 11.2 Å². The SMILES string of the molecule is CCOC(=O)c1cc2c(=O)n3ccccc3nc2[n+](CC)c1N. The molecule has 0 unspecified atom stereocenters. The highest BCUT2D eigenvalue weighted by atomic mass is 16.5. The molecule has 0 saturated heterocycles. The Hall–Kier alpha value is -2.96. The van der Waals surface area contributed by atoms with Crippen LogP contribution in [0.4, 0.5) is 5.82 Å². The molecular weight excluding hydrogens is 296 g/mol. The Balaban J connectivity index is 2.45. The lowest BCUT2D eigenvalue weighted by molar-refractivity contribution is -0.655. The molecular formula is C16H17N4O3+. The highest BCUT2D eigenvalue weighted by Crippen LogP contribution is 2.15. The van der Waals surface area contributed by atoms with Gasteiger partial charge in [0.05, 0.1) is 13.2 Å². The summed E-state index contributed by atoms with van der Waals surface area (Å²) < 4.78 is 8.11. The van der Waals surface area contributed by atoms with Crippen LogP contribution in [0.3, 0.4) is 0 Å². The molecule has 0 spiro atoms. The second kappa shape index (κ2) is 5.68. The van der Waals surface area contributed by atoms with Crippen LogP contribution in [-0.4, -0.2) is 22.0 Å². The molecule has 7 heteroatoms. The molecule has 0 aliphatic carbocycles. The van der Waals surface area contributed by atoms with Gasteiger partial charge in [-0.15, -0.1) is 0 Å². The first-order chi connectivity index (χ1) is 11.1. The van der Waals surface area contributed by atoms with Gasteiger partial charge in [0.2, 0.25) is 11.5 Å². The zero-order valence-corrected chi connectivity index (χ0v) is 12.9. The van der Waals surface area contributed by atoms with Crippen LogP contribution in [-0.2, 0) is 11.3 Å². The van der Waals surface area contributed by atoms with Crippen LogP contribution in [0, 0.1) is 0 Å². The Morgan fingerprint density at radius 2 is 2.17 bits per heavy atom. The molecule has 2 N–H and O–H groups in total. The lowest BCUT2D eigenvalue weighted by atomic mass is 10.2. The number of fused-ring (bicyclic) bond motifs is 2. The summed E-state index contributed by atoms with van der Waals surface area (Å²) in [5.41, 5.74) is 7.00. The van der Waals surface area contributed by atoms with Crippen molar-refractivity contribution in [1.82, 2.24) is 9.38 Å². The van der Waals surface area contributed by atoms with Gasteiger partial charge in [0.15, 0.2) is 0 Å². The number of nitrogens with two attached hydrogens (primary N) is 1. The van der Waals surface area contributed by atoms with Gasteiger partial charge in [0.1, 0.15) is 10.9 Å². The van der Waals surface area contributed by atoms with Gasteiger partial charge in [-0.05, 0) is 32.0 Å². The minimum absolute atomic E-state index is 0.177. The lowest BCUT2D eigenvalue weighted by Crippen LogP contribution is -2.41. The number of pyridine rings is 2. The Morgan fingerprint density at radius 1 is 1.39 bits per heavy atom. The molecule has 0 aliphatic rings. The molecule has 0 fully saturated rings. The van der Waals surface area contributed by atoms with Gasteiger partial charge in [0, 0.05) is 6.20 Å². The fourth-order valence-electron chi connectivity index (χ4n) is 2.59. The quantitative estimate of drug-likeness (QED) is 0.441. The Morgan fingerprint density at radius 3 is 2.87 bits per heavy atom. The van der Waals surface area contributed by atoms with Crippen molar-refractivity contribution < 1.29 is 14.1 Å². The highest BCUT2D eigenvalue weighted by molar-refractivity contribution is 5.96. The molecule has 0 amide bonds. The number of carbonyl (C=O) groups is 1. The first kappa shape index (κ1) is 15.0. The van der Waals surface area contributed by atoms with Crippen molar-refractivity contribution in [2.45, 2.75) is 20.4 Å². The molecule has 3 aromatic heterocycles.